The third kappa shape index (κ3) is 3.05. The van der Waals surface area contributed by atoms with Crippen LogP contribution in [0.5, 0.6) is 11.5 Å². The van der Waals surface area contributed by atoms with Crippen LogP contribution in [-0.4, -0.2) is 22.4 Å². The Labute approximate surface area is 115 Å². The molecule has 0 fully saturated rings. The van der Waals surface area contributed by atoms with Crippen molar-refractivity contribution in [2.75, 3.05) is 5.01 Å². The maximum absolute atomic E-state index is 9.78. The van der Waals surface area contributed by atoms with Crippen LogP contribution < -0.4 is 10.7 Å². The average molecular weight is 270 g/mol. The van der Waals surface area contributed by atoms with E-state index in [1.807, 2.05) is 30.3 Å². The lowest BCUT2D eigenvalue weighted by Gasteiger charge is -2.17. The van der Waals surface area contributed by atoms with Crippen LogP contribution >= 0.6 is 0 Å². The van der Waals surface area contributed by atoms with Gasteiger partial charge in [-0.3, -0.25) is 5.41 Å². The van der Waals surface area contributed by atoms with Crippen molar-refractivity contribution >= 4 is 17.9 Å². The van der Waals surface area contributed by atoms with Crippen molar-refractivity contribution in [1.82, 2.24) is 0 Å². The van der Waals surface area contributed by atoms with Gasteiger partial charge in [0.15, 0.2) is 0 Å². The van der Waals surface area contributed by atoms with Crippen LogP contribution in [0.15, 0.2) is 53.6 Å². The fraction of sp³-hybridized carbons (Fsp3) is 0. The second-order valence-electron chi connectivity index (χ2n) is 4.03. The molecule has 0 spiro atoms. The summed E-state index contributed by atoms with van der Waals surface area (Å²) in [6, 6.07) is 13.2. The van der Waals surface area contributed by atoms with Gasteiger partial charge < -0.3 is 15.9 Å². The van der Waals surface area contributed by atoms with Gasteiger partial charge >= 0.3 is 0 Å². The molecule has 0 radical (unpaired) electrons. The highest BCUT2D eigenvalue weighted by Gasteiger charge is 2.13. The number of nitrogens with one attached hydrogen (secondary N) is 1. The Kier molecular flexibility index (Phi) is 3.85. The van der Waals surface area contributed by atoms with E-state index in [9.17, 15) is 10.2 Å². The summed E-state index contributed by atoms with van der Waals surface area (Å²) in [6.45, 7) is 0. The first-order valence-electron chi connectivity index (χ1n) is 5.83. The van der Waals surface area contributed by atoms with E-state index in [0.29, 0.717) is 0 Å². The van der Waals surface area contributed by atoms with Crippen LogP contribution in [0.3, 0.4) is 0 Å². The van der Waals surface area contributed by atoms with E-state index in [4.69, 9.17) is 11.1 Å². The van der Waals surface area contributed by atoms with Crippen molar-refractivity contribution in [2.24, 2.45) is 10.8 Å². The van der Waals surface area contributed by atoms with Crippen LogP contribution in [-0.2, 0) is 0 Å². The Morgan fingerprint density at radius 3 is 2.45 bits per heavy atom. The van der Waals surface area contributed by atoms with Crippen LogP contribution in [0.2, 0.25) is 0 Å². The minimum atomic E-state index is -0.349. The second kappa shape index (κ2) is 5.75. The summed E-state index contributed by atoms with van der Waals surface area (Å²) in [7, 11) is 0. The van der Waals surface area contributed by atoms with Crippen molar-refractivity contribution in [3.8, 4) is 11.5 Å². The summed E-state index contributed by atoms with van der Waals surface area (Å²) >= 11 is 0. The number of hydrogen-bond acceptors (Lipinski definition) is 4. The number of nitrogens with two attached hydrogens (primary N) is 1. The minimum absolute atomic E-state index is 0.0817. The number of guanidine groups is 1. The number of hydrogen-bond donors (Lipinski definition) is 4. The number of phenols is 2. The summed E-state index contributed by atoms with van der Waals surface area (Å²) in [5, 5.41) is 31.7. The molecule has 0 heterocycles. The van der Waals surface area contributed by atoms with E-state index in [1.165, 1.54) is 18.3 Å². The van der Waals surface area contributed by atoms with Crippen LogP contribution in [0, 0.1) is 5.41 Å². The van der Waals surface area contributed by atoms with Gasteiger partial charge in [0.05, 0.1) is 6.21 Å². The molecule has 2 aromatic carbocycles. The molecule has 0 aromatic heterocycles. The quantitative estimate of drug-likeness (QED) is 0.388. The SMILES string of the molecule is N=C(N)N(N=Cc1ccccc1)c1ccc(O)cc1O. The molecule has 0 unspecified atom stereocenters. The van der Waals surface area contributed by atoms with Gasteiger partial charge in [-0.05, 0) is 17.7 Å². The van der Waals surface area contributed by atoms with Crippen LogP contribution in [0.25, 0.3) is 0 Å². The number of nitrogens with zero attached hydrogens (tertiary/aromatic N) is 2. The van der Waals surface area contributed by atoms with Gasteiger partial charge in [-0.2, -0.15) is 10.1 Å². The second-order valence-corrected chi connectivity index (χ2v) is 4.03. The highest BCUT2D eigenvalue weighted by Crippen LogP contribution is 2.30. The maximum Gasteiger partial charge on any atom is 0.214 e. The van der Waals surface area contributed by atoms with Crippen molar-refractivity contribution in [1.29, 1.82) is 5.41 Å². The zero-order chi connectivity index (χ0) is 14.5. The molecule has 0 aliphatic heterocycles. The van der Waals surface area contributed by atoms with E-state index < -0.39 is 0 Å². The molecule has 0 amide bonds. The first kappa shape index (κ1) is 13.4. The average Bonchev–Trinajstić information content (AvgIpc) is 2.42. The molecule has 6 nitrogen and oxygen atoms in total. The molecule has 0 atom stereocenters. The Morgan fingerprint density at radius 2 is 1.85 bits per heavy atom. The van der Waals surface area contributed by atoms with Gasteiger partial charge in [0, 0.05) is 6.07 Å². The van der Waals surface area contributed by atoms with E-state index >= 15 is 0 Å². The van der Waals surface area contributed by atoms with E-state index in [-0.39, 0.29) is 23.1 Å². The zero-order valence-electron chi connectivity index (χ0n) is 10.6. The molecule has 0 saturated carbocycles. The lowest BCUT2D eigenvalue weighted by molar-refractivity contribution is 0.451. The first-order chi connectivity index (χ1) is 9.58. The van der Waals surface area contributed by atoms with Gasteiger partial charge in [0.1, 0.15) is 17.2 Å². The molecular weight excluding hydrogens is 256 g/mol. The summed E-state index contributed by atoms with van der Waals surface area (Å²) in [5.41, 5.74) is 6.50. The molecule has 6 heteroatoms. The highest BCUT2D eigenvalue weighted by molar-refractivity contribution is 5.95. The molecule has 5 N–H and O–H groups in total. The normalized spacial score (nSPS) is 10.6. The molecule has 102 valence electrons. The third-order valence-corrected chi connectivity index (χ3v) is 2.54. The van der Waals surface area contributed by atoms with Gasteiger partial charge in [-0.25, -0.2) is 0 Å². The van der Waals surface area contributed by atoms with Crippen LogP contribution in [0.1, 0.15) is 5.56 Å². The lowest BCUT2D eigenvalue weighted by atomic mass is 10.2. The zero-order valence-corrected chi connectivity index (χ0v) is 10.6. The van der Waals surface area contributed by atoms with Crippen molar-refractivity contribution < 1.29 is 10.2 Å². The fourth-order valence-corrected chi connectivity index (χ4v) is 1.61. The number of anilines is 1. The largest absolute Gasteiger partial charge is 0.508 e. The Morgan fingerprint density at radius 1 is 1.15 bits per heavy atom. The van der Waals surface area contributed by atoms with Gasteiger partial charge in [-0.1, -0.05) is 30.3 Å². The number of benzene rings is 2. The Bertz CT molecular complexity index is 641. The predicted molar refractivity (Wildman–Crippen MR) is 78.2 cm³/mol. The smallest absolute Gasteiger partial charge is 0.214 e. The van der Waals surface area contributed by atoms with Gasteiger partial charge in [0.2, 0.25) is 5.96 Å². The van der Waals surface area contributed by atoms with Gasteiger partial charge in [0.25, 0.3) is 0 Å². The van der Waals surface area contributed by atoms with Gasteiger partial charge in [-0.15, -0.1) is 0 Å². The molecule has 0 aliphatic carbocycles. The summed E-state index contributed by atoms with van der Waals surface area (Å²) in [4.78, 5) is 0. The predicted octanol–water partition coefficient (Wildman–Crippen LogP) is 1.83. The molecule has 20 heavy (non-hydrogen) atoms. The monoisotopic (exact) mass is 270 g/mol. The number of phenolic OH excluding ortho intramolecular Hbond substituents is 2. The molecule has 0 bridgehead atoms. The van der Waals surface area contributed by atoms with E-state index in [0.717, 1.165) is 16.6 Å². The van der Waals surface area contributed by atoms with Crippen molar-refractivity contribution in [3.05, 3.63) is 54.1 Å². The topological polar surface area (TPSA) is 106 Å². The van der Waals surface area contributed by atoms with Crippen LogP contribution in [0.4, 0.5) is 5.69 Å². The summed E-state index contributed by atoms with van der Waals surface area (Å²) < 4.78 is 0. The van der Waals surface area contributed by atoms with E-state index in [2.05, 4.69) is 5.10 Å². The third-order valence-electron chi connectivity index (χ3n) is 2.54. The fourth-order valence-electron chi connectivity index (χ4n) is 1.61. The van der Waals surface area contributed by atoms with E-state index in [1.54, 1.807) is 0 Å². The molecule has 2 rings (SSSR count). The summed E-state index contributed by atoms with van der Waals surface area (Å²) in [6.07, 6.45) is 1.52. The Balaban J connectivity index is 2.32. The Hall–Kier alpha value is -3.02. The molecule has 0 aliphatic rings. The maximum atomic E-state index is 9.78. The minimum Gasteiger partial charge on any atom is -0.508 e. The molecular formula is C14H14N4O2. The highest BCUT2D eigenvalue weighted by atomic mass is 16.3. The van der Waals surface area contributed by atoms with Crippen molar-refractivity contribution in [2.45, 2.75) is 0 Å². The molecule has 2 aromatic rings. The summed E-state index contributed by atoms with van der Waals surface area (Å²) in [5.74, 6) is -0.648. The number of hydrazone groups is 1. The number of rotatable bonds is 3. The van der Waals surface area contributed by atoms with Crippen molar-refractivity contribution in [3.63, 3.8) is 0 Å². The first-order valence-corrected chi connectivity index (χ1v) is 5.83. The number of aromatic hydroxyl groups is 2. The lowest BCUT2D eigenvalue weighted by Crippen LogP contribution is -2.32. The standard InChI is InChI=1S/C14H14N4O2/c15-14(16)18(12-7-6-11(19)8-13(12)20)17-9-10-4-2-1-3-5-10/h1-9,19-20H,(H3,15,16). The molecule has 0 saturated heterocycles.